The Labute approximate surface area is 140 Å². The third-order valence-electron chi connectivity index (χ3n) is 3.88. The summed E-state index contributed by atoms with van der Waals surface area (Å²) >= 11 is 0. The number of halogens is 1. The quantitative estimate of drug-likeness (QED) is 0.705. The Kier molecular flexibility index (Phi) is 4.38. The molecule has 0 amide bonds. The van der Waals surface area contributed by atoms with Gasteiger partial charge in [-0.3, -0.25) is 0 Å². The van der Waals surface area contributed by atoms with E-state index in [1.165, 1.54) is 13.2 Å². The molecule has 0 saturated carbocycles. The standard InChI is InChI=1S/C18H20FN3O2/c1-11(2)17-20-7-8-22(17)10-16-12(3)24-18(21-16)14-9-13(23-4)5-6-15(14)19/h5-9,11H,10H2,1-4H3. The molecule has 0 fully saturated rings. The van der Waals surface area contributed by atoms with Crippen LogP contribution in [0.2, 0.25) is 0 Å². The number of oxazole rings is 1. The molecule has 0 aliphatic heterocycles. The van der Waals surface area contributed by atoms with Crippen molar-refractivity contribution in [1.29, 1.82) is 0 Å². The Morgan fingerprint density at radius 1 is 1.33 bits per heavy atom. The van der Waals surface area contributed by atoms with Gasteiger partial charge in [0.15, 0.2) is 0 Å². The zero-order chi connectivity index (χ0) is 17.3. The number of methoxy groups -OCH3 is 1. The lowest BCUT2D eigenvalue weighted by Gasteiger charge is -2.08. The molecule has 2 heterocycles. The van der Waals surface area contributed by atoms with Crippen LogP contribution in [0.4, 0.5) is 4.39 Å². The number of imidazole rings is 1. The molecule has 24 heavy (non-hydrogen) atoms. The smallest absolute Gasteiger partial charge is 0.229 e. The van der Waals surface area contributed by atoms with Crippen LogP contribution in [0.3, 0.4) is 0 Å². The molecular formula is C18H20FN3O2. The largest absolute Gasteiger partial charge is 0.497 e. The Morgan fingerprint density at radius 3 is 2.83 bits per heavy atom. The van der Waals surface area contributed by atoms with Gasteiger partial charge >= 0.3 is 0 Å². The maximum absolute atomic E-state index is 14.1. The lowest BCUT2D eigenvalue weighted by Crippen LogP contribution is -2.07. The lowest BCUT2D eigenvalue weighted by molar-refractivity contribution is 0.413. The molecule has 5 nitrogen and oxygen atoms in total. The molecule has 0 radical (unpaired) electrons. The minimum atomic E-state index is -0.394. The van der Waals surface area contributed by atoms with Gasteiger partial charge in [0.1, 0.15) is 28.8 Å². The van der Waals surface area contributed by atoms with Crippen molar-refractivity contribution in [3.8, 4) is 17.2 Å². The van der Waals surface area contributed by atoms with Crippen LogP contribution in [-0.2, 0) is 6.54 Å². The SMILES string of the molecule is COc1ccc(F)c(-c2nc(Cn3ccnc3C(C)C)c(C)o2)c1. The zero-order valence-corrected chi connectivity index (χ0v) is 14.2. The molecule has 0 N–H and O–H groups in total. The number of rotatable bonds is 5. The van der Waals surface area contributed by atoms with Gasteiger partial charge in [0.2, 0.25) is 5.89 Å². The van der Waals surface area contributed by atoms with Crippen molar-refractivity contribution < 1.29 is 13.5 Å². The monoisotopic (exact) mass is 329 g/mol. The molecule has 3 aromatic rings. The van der Waals surface area contributed by atoms with E-state index in [2.05, 4.69) is 23.8 Å². The number of hydrogen-bond acceptors (Lipinski definition) is 4. The maximum atomic E-state index is 14.1. The molecule has 0 aliphatic rings. The molecule has 0 atom stereocenters. The highest BCUT2D eigenvalue weighted by molar-refractivity contribution is 5.57. The van der Waals surface area contributed by atoms with Crippen molar-refractivity contribution in [2.45, 2.75) is 33.2 Å². The van der Waals surface area contributed by atoms with Crippen LogP contribution in [0.5, 0.6) is 5.75 Å². The first-order valence-corrected chi connectivity index (χ1v) is 7.80. The topological polar surface area (TPSA) is 53.1 Å². The molecule has 2 aromatic heterocycles. The summed E-state index contributed by atoms with van der Waals surface area (Å²) in [5, 5.41) is 0. The van der Waals surface area contributed by atoms with E-state index in [1.54, 1.807) is 18.3 Å². The van der Waals surface area contributed by atoms with Gasteiger partial charge < -0.3 is 13.7 Å². The highest BCUT2D eigenvalue weighted by Crippen LogP contribution is 2.28. The van der Waals surface area contributed by atoms with Gasteiger partial charge in [-0.15, -0.1) is 0 Å². The lowest BCUT2D eigenvalue weighted by atomic mass is 10.2. The van der Waals surface area contributed by atoms with E-state index in [1.807, 2.05) is 17.7 Å². The number of benzene rings is 1. The van der Waals surface area contributed by atoms with E-state index < -0.39 is 5.82 Å². The summed E-state index contributed by atoms with van der Waals surface area (Å²) < 4.78 is 27.0. The third-order valence-corrected chi connectivity index (χ3v) is 3.88. The molecule has 6 heteroatoms. The summed E-state index contributed by atoms with van der Waals surface area (Å²) in [5.41, 5.74) is 1.05. The number of hydrogen-bond donors (Lipinski definition) is 0. The van der Waals surface area contributed by atoms with Crippen molar-refractivity contribution in [2.24, 2.45) is 0 Å². The van der Waals surface area contributed by atoms with Crippen LogP contribution in [0, 0.1) is 12.7 Å². The van der Waals surface area contributed by atoms with Crippen LogP contribution in [-0.4, -0.2) is 21.6 Å². The molecular weight excluding hydrogens is 309 g/mol. The van der Waals surface area contributed by atoms with Gasteiger partial charge in [0, 0.05) is 18.3 Å². The summed E-state index contributed by atoms with van der Waals surface area (Å²) in [6.07, 6.45) is 3.68. The molecule has 0 aliphatic carbocycles. The minimum absolute atomic E-state index is 0.255. The Morgan fingerprint density at radius 2 is 2.12 bits per heavy atom. The van der Waals surface area contributed by atoms with Gasteiger partial charge in [-0.25, -0.2) is 14.4 Å². The molecule has 1 aromatic carbocycles. The molecule has 0 unspecified atom stereocenters. The maximum Gasteiger partial charge on any atom is 0.229 e. The molecule has 3 rings (SSSR count). The summed E-state index contributed by atoms with van der Waals surface area (Å²) in [5.74, 6) is 2.37. The first kappa shape index (κ1) is 16.2. The highest BCUT2D eigenvalue weighted by Gasteiger charge is 2.17. The summed E-state index contributed by atoms with van der Waals surface area (Å²) in [6.45, 7) is 6.54. The second-order valence-corrected chi connectivity index (χ2v) is 5.94. The van der Waals surface area contributed by atoms with Gasteiger partial charge in [0.05, 0.1) is 19.2 Å². The number of aromatic nitrogens is 3. The Hall–Kier alpha value is -2.63. The minimum Gasteiger partial charge on any atom is -0.497 e. The molecule has 0 spiro atoms. The van der Waals surface area contributed by atoms with E-state index in [9.17, 15) is 4.39 Å². The van der Waals surface area contributed by atoms with Crippen LogP contribution < -0.4 is 4.74 Å². The predicted octanol–water partition coefficient (Wildman–Crippen LogP) is 4.17. The number of nitrogens with zero attached hydrogens (tertiary/aromatic N) is 3. The fourth-order valence-electron chi connectivity index (χ4n) is 2.60. The van der Waals surface area contributed by atoms with Crippen molar-refractivity contribution in [3.63, 3.8) is 0 Å². The van der Waals surface area contributed by atoms with E-state index in [0.717, 1.165) is 11.5 Å². The number of aryl methyl sites for hydroxylation is 1. The van der Waals surface area contributed by atoms with E-state index in [4.69, 9.17) is 9.15 Å². The van der Waals surface area contributed by atoms with Gasteiger partial charge in [0.25, 0.3) is 0 Å². The zero-order valence-electron chi connectivity index (χ0n) is 14.2. The van der Waals surface area contributed by atoms with Gasteiger partial charge in [-0.1, -0.05) is 13.8 Å². The second kappa shape index (κ2) is 6.47. The summed E-state index contributed by atoms with van der Waals surface area (Å²) in [4.78, 5) is 8.85. The summed E-state index contributed by atoms with van der Waals surface area (Å²) in [7, 11) is 1.54. The van der Waals surface area contributed by atoms with Crippen molar-refractivity contribution in [2.75, 3.05) is 7.11 Å². The normalized spacial score (nSPS) is 11.2. The van der Waals surface area contributed by atoms with E-state index in [-0.39, 0.29) is 5.89 Å². The van der Waals surface area contributed by atoms with Crippen molar-refractivity contribution >= 4 is 0 Å². The average Bonchev–Trinajstić information content (AvgIpc) is 3.15. The summed E-state index contributed by atoms with van der Waals surface area (Å²) in [6, 6.07) is 4.50. The first-order valence-electron chi connectivity index (χ1n) is 7.80. The van der Waals surface area contributed by atoms with E-state index >= 15 is 0 Å². The van der Waals surface area contributed by atoms with Gasteiger partial charge in [-0.05, 0) is 25.1 Å². The molecule has 0 bridgehead atoms. The second-order valence-electron chi connectivity index (χ2n) is 5.94. The Bertz CT molecular complexity index is 852. The number of ether oxygens (including phenoxy) is 1. The molecule has 126 valence electrons. The van der Waals surface area contributed by atoms with Crippen molar-refractivity contribution in [3.05, 3.63) is 53.7 Å². The highest BCUT2D eigenvalue weighted by atomic mass is 19.1. The van der Waals surface area contributed by atoms with Crippen LogP contribution in [0.15, 0.2) is 35.0 Å². The predicted molar refractivity (Wildman–Crippen MR) is 88.6 cm³/mol. The van der Waals surface area contributed by atoms with Crippen LogP contribution in [0.25, 0.3) is 11.5 Å². The van der Waals surface area contributed by atoms with Crippen LogP contribution in [0.1, 0.15) is 37.0 Å². The fourth-order valence-corrected chi connectivity index (χ4v) is 2.60. The Balaban J connectivity index is 1.95. The van der Waals surface area contributed by atoms with Crippen LogP contribution >= 0.6 is 0 Å². The van der Waals surface area contributed by atoms with E-state index in [0.29, 0.717) is 29.5 Å². The fraction of sp³-hybridized carbons (Fsp3) is 0.333. The first-order chi connectivity index (χ1) is 11.5. The van der Waals surface area contributed by atoms with Gasteiger partial charge in [-0.2, -0.15) is 0 Å². The average molecular weight is 329 g/mol. The third kappa shape index (κ3) is 3.04. The van der Waals surface area contributed by atoms with Crippen molar-refractivity contribution in [1.82, 2.24) is 14.5 Å². The molecule has 0 saturated heterocycles.